The zero-order valence-corrected chi connectivity index (χ0v) is 11.0. The first-order chi connectivity index (χ1) is 7.78. The van der Waals surface area contributed by atoms with Crippen molar-refractivity contribution in [3.8, 4) is 0 Å². The lowest BCUT2D eigenvalue weighted by molar-refractivity contribution is 1.07. The van der Waals surface area contributed by atoms with Crippen molar-refractivity contribution >= 4 is 34.7 Å². The van der Waals surface area contributed by atoms with Crippen molar-refractivity contribution < 1.29 is 0 Å². The summed E-state index contributed by atoms with van der Waals surface area (Å²) >= 11 is 9.33. The molecule has 0 spiro atoms. The first-order valence-electron chi connectivity index (χ1n) is 4.94. The van der Waals surface area contributed by atoms with Gasteiger partial charge in [-0.1, -0.05) is 23.7 Å². The molecule has 0 saturated heterocycles. The predicted molar refractivity (Wildman–Crippen MR) is 73.2 cm³/mol. The summed E-state index contributed by atoms with van der Waals surface area (Å²) in [5, 5.41) is 0. The van der Waals surface area contributed by atoms with E-state index in [0.29, 0.717) is 6.54 Å². The van der Waals surface area contributed by atoms with E-state index in [1.165, 1.54) is 15.3 Å². The SMILES string of the molecule is NCc1ccc(SCc2ccc(Cl)s2)cc1. The second-order valence-corrected chi connectivity index (χ2v) is 6.19. The maximum Gasteiger partial charge on any atom is 0.0931 e. The van der Waals surface area contributed by atoms with Gasteiger partial charge in [0.2, 0.25) is 0 Å². The van der Waals surface area contributed by atoms with Gasteiger partial charge in [0, 0.05) is 22.1 Å². The average molecular weight is 270 g/mol. The molecule has 1 nitrogen and oxygen atoms in total. The molecule has 2 aromatic rings. The molecule has 0 atom stereocenters. The van der Waals surface area contributed by atoms with E-state index in [2.05, 4.69) is 30.3 Å². The van der Waals surface area contributed by atoms with Crippen LogP contribution in [0.3, 0.4) is 0 Å². The minimum atomic E-state index is 0.603. The molecule has 1 aromatic heterocycles. The van der Waals surface area contributed by atoms with E-state index in [1.807, 2.05) is 17.8 Å². The van der Waals surface area contributed by atoms with E-state index < -0.39 is 0 Å². The molecule has 0 aliphatic carbocycles. The maximum absolute atomic E-state index is 5.88. The summed E-state index contributed by atoms with van der Waals surface area (Å²) in [5.74, 6) is 0.972. The van der Waals surface area contributed by atoms with Crippen LogP contribution in [0.15, 0.2) is 41.3 Å². The fraction of sp³-hybridized carbons (Fsp3) is 0.167. The summed E-state index contributed by atoms with van der Waals surface area (Å²) in [6.45, 7) is 0.603. The van der Waals surface area contributed by atoms with E-state index in [9.17, 15) is 0 Å². The molecule has 0 amide bonds. The van der Waals surface area contributed by atoms with Gasteiger partial charge in [-0.15, -0.1) is 23.1 Å². The van der Waals surface area contributed by atoms with Crippen LogP contribution >= 0.6 is 34.7 Å². The van der Waals surface area contributed by atoms with Gasteiger partial charge in [0.15, 0.2) is 0 Å². The fourth-order valence-corrected chi connectivity index (χ4v) is 3.33. The number of nitrogens with two attached hydrogens (primary N) is 1. The number of rotatable bonds is 4. The molecule has 0 bridgehead atoms. The Morgan fingerprint density at radius 2 is 1.88 bits per heavy atom. The lowest BCUT2D eigenvalue weighted by Gasteiger charge is -2.01. The Morgan fingerprint density at radius 1 is 1.12 bits per heavy atom. The summed E-state index contributed by atoms with van der Waals surface area (Å²) in [7, 11) is 0. The molecule has 0 fully saturated rings. The highest BCUT2D eigenvalue weighted by molar-refractivity contribution is 7.98. The molecule has 4 heteroatoms. The van der Waals surface area contributed by atoms with Gasteiger partial charge in [-0.2, -0.15) is 0 Å². The summed E-state index contributed by atoms with van der Waals surface area (Å²) in [4.78, 5) is 2.57. The summed E-state index contributed by atoms with van der Waals surface area (Å²) < 4.78 is 0.856. The van der Waals surface area contributed by atoms with Crippen LogP contribution in [0.25, 0.3) is 0 Å². The molecule has 0 radical (unpaired) electrons. The largest absolute Gasteiger partial charge is 0.326 e. The van der Waals surface area contributed by atoms with Gasteiger partial charge < -0.3 is 5.73 Å². The number of thioether (sulfide) groups is 1. The van der Waals surface area contributed by atoms with Crippen LogP contribution < -0.4 is 5.73 Å². The fourth-order valence-electron chi connectivity index (χ4n) is 1.31. The molecule has 1 aromatic carbocycles. The highest BCUT2D eigenvalue weighted by Gasteiger charge is 1.99. The van der Waals surface area contributed by atoms with Crippen molar-refractivity contribution in [1.29, 1.82) is 0 Å². The summed E-state index contributed by atoms with van der Waals surface area (Å²) in [6, 6.07) is 12.4. The van der Waals surface area contributed by atoms with Crippen LogP contribution in [0.1, 0.15) is 10.4 Å². The van der Waals surface area contributed by atoms with Crippen LogP contribution in [0.5, 0.6) is 0 Å². The Kier molecular flexibility index (Phi) is 4.29. The first-order valence-corrected chi connectivity index (χ1v) is 7.12. The number of benzene rings is 1. The van der Waals surface area contributed by atoms with Crippen molar-refractivity contribution in [2.75, 3.05) is 0 Å². The zero-order valence-electron chi connectivity index (χ0n) is 8.65. The van der Waals surface area contributed by atoms with E-state index >= 15 is 0 Å². The van der Waals surface area contributed by atoms with E-state index in [-0.39, 0.29) is 0 Å². The van der Waals surface area contributed by atoms with Crippen molar-refractivity contribution in [3.05, 3.63) is 51.2 Å². The van der Waals surface area contributed by atoms with Gasteiger partial charge in [-0.05, 0) is 29.8 Å². The molecule has 0 unspecified atom stereocenters. The third-order valence-corrected chi connectivity index (χ3v) is 4.64. The quantitative estimate of drug-likeness (QED) is 0.844. The average Bonchev–Trinajstić information content (AvgIpc) is 2.73. The zero-order chi connectivity index (χ0) is 11.4. The molecule has 0 saturated carbocycles. The van der Waals surface area contributed by atoms with Crippen LogP contribution in [0.4, 0.5) is 0 Å². The smallest absolute Gasteiger partial charge is 0.0931 e. The molecule has 2 rings (SSSR count). The number of thiophene rings is 1. The van der Waals surface area contributed by atoms with Crippen LogP contribution in [0.2, 0.25) is 4.34 Å². The Bertz CT molecular complexity index is 450. The molecule has 0 aliphatic rings. The van der Waals surface area contributed by atoms with Crippen LogP contribution in [-0.2, 0) is 12.3 Å². The number of halogens is 1. The summed E-state index contributed by atoms with van der Waals surface area (Å²) in [5.41, 5.74) is 6.72. The van der Waals surface area contributed by atoms with Gasteiger partial charge in [-0.3, -0.25) is 0 Å². The second kappa shape index (κ2) is 5.73. The molecule has 2 N–H and O–H groups in total. The van der Waals surface area contributed by atoms with E-state index in [4.69, 9.17) is 17.3 Å². The van der Waals surface area contributed by atoms with Gasteiger partial charge in [0.05, 0.1) is 4.34 Å². The van der Waals surface area contributed by atoms with Gasteiger partial charge in [-0.25, -0.2) is 0 Å². The molecule has 1 heterocycles. The number of hydrogen-bond acceptors (Lipinski definition) is 3. The molecule has 16 heavy (non-hydrogen) atoms. The Labute approximate surface area is 109 Å². The standard InChI is InChI=1S/C12H12ClNS2/c13-12-6-5-11(16-12)8-15-10-3-1-9(7-14)2-4-10/h1-6H,7-8,14H2. The minimum absolute atomic E-state index is 0.603. The van der Waals surface area contributed by atoms with Crippen molar-refractivity contribution in [2.24, 2.45) is 5.73 Å². The molecular formula is C12H12ClNS2. The van der Waals surface area contributed by atoms with Crippen LogP contribution in [0, 0.1) is 0 Å². The third kappa shape index (κ3) is 3.25. The van der Waals surface area contributed by atoms with E-state index in [1.54, 1.807) is 11.3 Å². The van der Waals surface area contributed by atoms with Crippen molar-refractivity contribution in [3.63, 3.8) is 0 Å². The Balaban J connectivity index is 1.94. The maximum atomic E-state index is 5.88. The molecular weight excluding hydrogens is 258 g/mol. The highest BCUT2D eigenvalue weighted by atomic mass is 35.5. The normalized spacial score (nSPS) is 10.6. The minimum Gasteiger partial charge on any atom is -0.326 e. The third-order valence-electron chi connectivity index (χ3n) is 2.17. The first kappa shape index (κ1) is 12.0. The Morgan fingerprint density at radius 3 is 2.44 bits per heavy atom. The lowest BCUT2D eigenvalue weighted by atomic mass is 10.2. The van der Waals surface area contributed by atoms with Gasteiger partial charge in [0.25, 0.3) is 0 Å². The van der Waals surface area contributed by atoms with Crippen molar-refractivity contribution in [1.82, 2.24) is 0 Å². The molecule has 84 valence electrons. The Hall–Kier alpha value is -0.480. The predicted octanol–water partition coefficient (Wildman–Crippen LogP) is 4.15. The second-order valence-electron chi connectivity index (χ2n) is 3.34. The monoisotopic (exact) mass is 269 g/mol. The number of hydrogen-bond donors (Lipinski definition) is 1. The van der Waals surface area contributed by atoms with Gasteiger partial charge in [0.1, 0.15) is 0 Å². The van der Waals surface area contributed by atoms with Crippen LogP contribution in [-0.4, -0.2) is 0 Å². The summed E-state index contributed by atoms with van der Waals surface area (Å²) in [6.07, 6.45) is 0. The topological polar surface area (TPSA) is 26.0 Å². The lowest BCUT2D eigenvalue weighted by Crippen LogP contribution is -1.94. The molecule has 0 aliphatic heterocycles. The van der Waals surface area contributed by atoms with E-state index in [0.717, 1.165) is 10.1 Å². The highest BCUT2D eigenvalue weighted by Crippen LogP contribution is 2.28. The van der Waals surface area contributed by atoms with Crippen molar-refractivity contribution in [2.45, 2.75) is 17.2 Å². The van der Waals surface area contributed by atoms with Gasteiger partial charge >= 0.3 is 0 Å².